The maximum atomic E-state index is 13.3. The molecule has 1 nitrogen and oxygen atoms in total. The molecule has 3 rings (SSSR count). The summed E-state index contributed by atoms with van der Waals surface area (Å²) in [5.74, 6) is -0.288. The number of benzene rings is 1. The van der Waals surface area contributed by atoms with Gasteiger partial charge < -0.3 is 5.32 Å². The summed E-state index contributed by atoms with van der Waals surface area (Å²) in [5, 5.41) is 3.91. The zero-order chi connectivity index (χ0) is 12.5. The number of hydrogen-bond acceptors (Lipinski definition) is 2. The molecular weight excluding hydrogens is 269 g/mol. The van der Waals surface area contributed by atoms with Crippen LogP contribution in [0.5, 0.6) is 0 Å². The fraction of sp³-hybridized carbons (Fsp3) is 0.286. The predicted octanol–water partition coefficient (Wildman–Crippen LogP) is 4.46. The highest BCUT2D eigenvalue weighted by molar-refractivity contribution is 7.15. The Balaban J connectivity index is 1.78. The minimum atomic E-state index is -0.288. The lowest BCUT2D eigenvalue weighted by molar-refractivity contribution is 0.628. The van der Waals surface area contributed by atoms with E-state index in [1.54, 1.807) is 17.4 Å². The molecule has 0 aliphatic heterocycles. The Bertz CT molecular complexity index is 542. The second-order valence-electron chi connectivity index (χ2n) is 4.58. The van der Waals surface area contributed by atoms with E-state index in [1.165, 1.54) is 29.9 Å². The Kier molecular flexibility index (Phi) is 3.37. The molecule has 4 heteroatoms. The molecule has 0 saturated heterocycles. The second kappa shape index (κ2) is 5.00. The monoisotopic (exact) mass is 281 g/mol. The van der Waals surface area contributed by atoms with Gasteiger partial charge in [-0.15, -0.1) is 11.3 Å². The van der Waals surface area contributed by atoms with Gasteiger partial charge in [0.1, 0.15) is 5.82 Å². The van der Waals surface area contributed by atoms with Crippen molar-refractivity contribution >= 4 is 22.9 Å². The van der Waals surface area contributed by atoms with Crippen LogP contribution < -0.4 is 5.32 Å². The van der Waals surface area contributed by atoms with Crippen LogP contribution in [-0.4, -0.2) is 6.04 Å². The van der Waals surface area contributed by atoms with Crippen LogP contribution in [0, 0.1) is 5.82 Å². The average molecular weight is 282 g/mol. The van der Waals surface area contributed by atoms with E-state index < -0.39 is 0 Å². The topological polar surface area (TPSA) is 12.0 Å². The lowest BCUT2D eigenvalue weighted by Crippen LogP contribution is -2.14. The first-order chi connectivity index (χ1) is 8.70. The first-order valence-electron chi connectivity index (χ1n) is 5.99. The Morgan fingerprint density at radius 1 is 1.28 bits per heavy atom. The quantitative estimate of drug-likeness (QED) is 0.872. The number of nitrogens with one attached hydrogen (secondary N) is 1. The van der Waals surface area contributed by atoms with Crippen molar-refractivity contribution in [2.75, 3.05) is 0 Å². The zero-order valence-electron chi connectivity index (χ0n) is 9.75. The Hall–Kier alpha value is -0.900. The van der Waals surface area contributed by atoms with E-state index in [4.69, 9.17) is 11.6 Å². The maximum Gasteiger partial charge on any atom is 0.125 e. The zero-order valence-corrected chi connectivity index (χ0v) is 11.3. The van der Waals surface area contributed by atoms with Crippen LogP contribution in [0.3, 0.4) is 0 Å². The van der Waals surface area contributed by atoms with E-state index in [-0.39, 0.29) is 5.82 Å². The van der Waals surface area contributed by atoms with Gasteiger partial charge in [-0.1, -0.05) is 11.6 Å². The minimum Gasteiger partial charge on any atom is -0.309 e. The Morgan fingerprint density at radius 3 is 2.83 bits per heavy atom. The summed E-state index contributed by atoms with van der Waals surface area (Å²) < 4.78 is 13.3. The van der Waals surface area contributed by atoms with Gasteiger partial charge in [-0.25, -0.2) is 4.39 Å². The minimum absolute atomic E-state index is 0.288. The van der Waals surface area contributed by atoms with Crippen molar-refractivity contribution in [3.8, 4) is 10.4 Å². The molecule has 2 aromatic rings. The summed E-state index contributed by atoms with van der Waals surface area (Å²) in [6.45, 7) is 0.901. The molecule has 1 aromatic carbocycles. The van der Waals surface area contributed by atoms with Gasteiger partial charge in [-0.2, -0.15) is 0 Å². The van der Waals surface area contributed by atoms with E-state index >= 15 is 0 Å². The first-order valence-corrected chi connectivity index (χ1v) is 7.19. The number of thiophene rings is 1. The van der Waals surface area contributed by atoms with E-state index in [0.29, 0.717) is 11.1 Å². The molecule has 1 aromatic heterocycles. The second-order valence-corrected chi connectivity index (χ2v) is 6.18. The van der Waals surface area contributed by atoms with Crippen molar-refractivity contribution in [3.05, 3.63) is 46.0 Å². The smallest absolute Gasteiger partial charge is 0.125 e. The van der Waals surface area contributed by atoms with Gasteiger partial charge >= 0.3 is 0 Å². The highest BCUT2D eigenvalue weighted by atomic mass is 35.5. The SMILES string of the molecule is Fc1cc(Cl)cc(-c2ccc(CNC3CC3)s2)c1. The summed E-state index contributed by atoms with van der Waals surface area (Å²) >= 11 is 7.56. The molecule has 18 heavy (non-hydrogen) atoms. The van der Waals surface area contributed by atoms with Crippen molar-refractivity contribution in [2.45, 2.75) is 25.4 Å². The molecule has 1 saturated carbocycles. The molecule has 1 heterocycles. The fourth-order valence-electron chi connectivity index (χ4n) is 1.86. The number of halogens is 2. The standard InChI is InChI=1S/C14H13ClFNS/c15-10-5-9(6-11(16)7-10)14-4-3-13(18-14)8-17-12-1-2-12/h3-7,12,17H,1-2,8H2. The third-order valence-corrected chi connectivity index (χ3v) is 4.30. The molecule has 0 radical (unpaired) electrons. The lowest BCUT2D eigenvalue weighted by atomic mass is 10.2. The molecule has 0 bridgehead atoms. The number of rotatable bonds is 4. The lowest BCUT2D eigenvalue weighted by Gasteiger charge is -2.00. The molecule has 0 amide bonds. The molecule has 0 spiro atoms. The Morgan fingerprint density at radius 2 is 2.11 bits per heavy atom. The van der Waals surface area contributed by atoms with E-state index in [1.807, 2.05) is 6.07 Å². The van der Waals surface area contributed by atoms with Gasteiger partial charge in [0, 0.05) is 27.4 Å². The van der Waals surface area contributed by atoms with Gasteiger partial charge in [0.15, 0.2) is 0 Å². The van der Waals surface area contributed by atoms with Crippen LogP contribution in [0.1, 0.15) is 17.7 Å². The van der Waals surface area contributed by atoms with Gasteiger partial charge in [0.25, 0.3) is 0 Å². The highest BCUT2D eigenvalue weighted by Crippen LogP contribution is 2.31. The van der Waals surface area contributed by atoms with Gasteiger partial charge in [0.05, 0.1) is 0 Å². The van der Waals surface area contributed by atoms with Crippen molar-refractivity contribution in [3.63, 3.8) is 0 Å². The summed E-state index contributed by atoms with van der Waals surface area (Å²) in [7, 11) is 0. The molecule has 1 aliphatic carbocycles. The highest BCUT2D eigenvalue weighted by Gasteiger charge is 2.20. The van der Waals surface area contributed by atoms with E-state index in [9.17, 15) is 4.39 Å². The molecule has 0 atom stereocenters. The average Bonchev–Trinajstić information content (AvgIpc) is 3.02. The third-order valence-electron chi connectivity index (χ3n) is 2.95. The van der Waals surface area contributed by atoms with Gasteiger partial charge in [0.2, 0.25) is 0 Å². The van der Waals surface area contributed by atoms with Crippen molar-refractivity contribution in [1.82, 2.24) is 5.32 Å². The summed E-state index contributed by atoms with van der Waals surface area (Å²) in [6, 6.07) is 9.48. The molecule has 1 N–H and O–H groups in total. The third kappa shape index (κ3) is 2.91. The maximum absolute atomic E-state index is 13.3. The Labute approximate surface area is 115 Å². The van der Waals surface area contributed by atoms with E-state index in [0.717, 1.165) is 17.0 Å². The van der Waals surface area contributed by atoms with Gasteiger partial charge in [-0.05, 0) is 48.7 Å². The first kappa shape index (κ1) is 12.2. The van der Waals surface area contributed by atoms with Gasteiger partial charge in [-0.3, -0.25) is 0 Å². The van der Waals surface area contributed by atoms with Crippen LogP contribution >= 0.6 is 22.9 Å². The van der Waals surface area contributed by atoms with Crippen LogP contribution in [0.2, 0.25) is 5.02 Å². The van der Waals surface area contributed by atoms with Crippen molar-refractivity contribution in [1.29, 1.82) is 0 Å². The molecule has 1 aliphatic rings. The molecule has 94 valence electrons. The van der Waals surface area contributed by atoms with Crippen LogP contribution in [-0.2, 0) is 6.54 Å². The summed E-state index contributed by atoms with van der Waals surface area (Å²) in [5.41, 5.74) is 0.850. The summed E-state index contributed by atoms with van der Waals surface area (Å²) in [4.78, 5) is 2.33. The summed E-state index contributed by atoms with van der Waals surface area (Å²) in [6.07, 6.45) is 2.58. The number of hydrogen-bond donors (Lipinski definition) is 1. The van der Waals surface area contributed by atoms with Crippen LogP contribution in [0.15, 0.2) is 30.3 Å². The largest absolute Gasteiger partial charge is 0.309 e. The van der Waals surface area contributed by atoms with Crippen molar-refractivity contribution in [2.24, 2.45) is 0 Å². The normalized spacial score (nSPS) is 15.0. The van der Waals surface area contributed by atoms with Crippen molar-refractivity contribution < 1.29 is 4.39 Å². The molecular formula is C14H13ClFNS. The fourth-order valence-corrected chi connectivity index (χ4v) is 3.02. The molecule has 0 unspecified atom stereocenters. The van der Waals surface area contributed by atoms with E-state index in [2.05, 4.69) is 11.4 Å². The predicted molar refractivity (Wildman–Crippen MR) is 74.6 cm³/mol. The van der Waals surface area contributed by atoms with Crippen LogP contribution in [0.4, 0.5) is 4.39 Å². The van der Waals surface area contributed by atoms with Crippen LogP contribution in [0.25, 0.3) is 10.4 Å². The molecule has 1 fully saturated rings.